The molecule has 5 rings (SSSR count). The number of nitrogens with zero attached hydrogens (tertiary/aromatic N) is 2. The van der Waals surface area contributed by atoms with E-state index in [0.717, 1.165) is 6.54 Å². The molecule has 0 unspecified atom stereocenters. The lowest BCUT2D eigenvalue weighted by Gasteiger charge is -2.48. The Morgan fingerprint density at radius 1 is 0.933 bits per heavy atom. The van der Waals surface area contributed by atoms with Gasteiger partial charge in [0.2, 0.25) is 0 Å². The van der Waals surface area contributed by atoms with Crippen LogP contribution in [-0.4, -0.2) is 41.5 Å². The van der Waals surface area contributed by atoms with E-state index in [9.17, 15) is 0 Å². The summed E-state index contributed by atoms with van der Waals surface area (Å²) < 4.78 is 0. The van der Waals surface area contributed by atoms with Crippen LogP contribution in [0.4, 0.5) is 0 Å². The third-order valence-corrected chi connectivity index (χ3v) is 7.38. The van der Waals surface area contributed by atoms with Gasteiger partial charge in [0, 0.05) is 41.3 Å². The molecule has 2 aromatic carbocycles. The third-order valence-electron chi connectivity index (χ3n) is 7.38. The Hall–Kier alpha value is -1.52. The van der Waals surface area contributed by atoms with Gasteiger partial charge in [-0.1, -0.05) is 48.5 Å². The molecule has 0 bridgehead atoms. The van der Waals surface area contributed by atoms with Crippen LogP contribution in [0.1, 0.15) is 42.5 Å². The van der Waals surface area contributed by atoms with Crippen molar-refractivity contribution in [2.45, 2.75) is 50.2 Å². The first-order chi connectivity index (χ1) is 13.7. The minimum Gasteiger partial charge on any atom is -0.357 e. The summed E-state index contributed by atoms with van der Waals surface area (Å²) in [5, 5.41) is 1.43. The molecule has 162 valence electrons. The van der Waals surface area contributed by atoms with Crippen molar-refractivity contribution in [3.63, 3.8) is 0 Å². The fourth-order valence-electron chi connectivity index (χ4n) is 5.71. The van der Waals surface area contributed by atoms with Crippen molar-refractivity contribution in [1.29, 1.82) is 0 Å². The number of nitrogens with one attached hydrogen (secondary N) is 1. The Morgan fingerprint density at radius 3 is 2.30 bits per heavy atom. The Labute approximate surface area is 192 Å². The van der Waals surface area contributed by atoms with Crippen molar-refractivity contribution in [2.75, 3.05) is 20.6 Å². The van der Waals surface area contributed by atoms with Gasteiger partial charge in [-0.2, -0.15) is 0 Å². The van der Waals surface area contributed by atoms with Crippen LogP contribution < -0.4 is 0 Å². The fourth-order valence-corrected chi connectivity index (χ4v) is 5.71. The fraction of sp³-hybridized carbons (Fsp3) is 0.440. The molecular weight excluding hydrogens is 413 g/mol. The largest absolute Gasteiger partial charge is 0.357 e. The van der Waals surface area contributed by atoms with E-state index in [-0.39, 0.29) is 30.4 Å². The molecule has 0 saturated heterocycles. The van der Waals surface area contributed by atoms with Crippen LogP contribution >= 0.6 is 24.8 Å². The second-order valence-electron chi connectivity index (χ2n) is 8.87. The van der Waals surface area contributed by atoms with Gasteiger partial charge in [0.05, 0.1) is 0 Å². The van der Waals surface area contributed by atoms with Crippen molar-refractivity contribution < 1.29 is 0 Å². The van der Waals surface area contributed by atoms with Crippen molar-refractivity contribution in [3.8, 4) is 0 Å². The molecule has 1 fully saturated rings. The zero-order valence-electron chi connectivity index (χ0n) is 17.9. The molecule has 0 spiro atoms. The van der Waals surface area contributed by atoms with E-state index in [2.05, 4.69) is 83.5 Å². The Kier molecular flexibility index (Phi) is 7.19. The number of aromatic nitrogens is 1. The summed E-state index contributed by atoms with van der Waals surface area (Å²) in [6.45, 7) is 2.27. The van der Waals surface area contributed by atoms with Gasteiger partial charge in [0.25, 0.3) is 0 Å². The molecule has 3 aromatic rings. The Morgan fingerprint density at radius 2 is 1.60 bits per heavy atom. The highest BCUT2D eigenvalue weighted by Crippen LogP contribution is 2.43. The molecule has 3 nitrogen and oxygen atoms in total. The summed E-state index contributed by atoms with van der Waals surface area (Å²) in [6.07, 6.45) is 6.22. The highest BCUT2D eigenvalue weighted by Gasteiger charge is 2.40. The highest BCUT2D eigenvalue weighted by atomic mass is 35.5. The number of aromatic amines is 1. The monoisotopic (exact) mass is 445 g/mol. The zero-order chi connectivity index (χ0) is 19.1. The van der Waals surface area contributed by atoms with Gasteiger partial charge < -0.3 is 4.98 Å². The van der Waals surface area contributed by atoms with Gasteiger partial charge in [-0.05, 0) is 63.4 Å². The first kappa shape index (κ1) is 23.1. The maximum atomic E-state index is 3.70. The van der Waals surface area contributed by atoms with E-state index in [1.807, 2.05) is 0 Å². The number of para-hydroxylation sites is 1. The van der Waals surface area contributed by atoms with E-state index in [0.29, 0.717) is 6.04 Å². The lowest BCUT2D eigenvalue weighted by atomic mass is 9.73. The summed E-state index contributed by atoms with van der Waals surface area (Å²) in [5.41, 5.74) is 5.97. The Bertz CT molecular complexity index is 959. The average molecular weight is 446 g/mol. The summed E-state index contributed by atoms with van der Waals surface area (Å²) >= 11 is 0. The molecule has 5 heteroatoms. The number of hydrogen-bond donors (Lipinski definition) is 1. The molecule has 1 N–H and O–H groups in total. The summed E-state index contributed by atoms with van der Waals surface area (Å²) in [5.74, 6) is 0. The molecule has 1 aliphatic heterocycles. The number of fused-ring (bicyclic) bond motifs is 3. The predicted octanol–water partition coefficient (Wildman–Crippen LogP) is 5.77. The van der Waals surface area contributed by atoms with E-state index in [1.165, 1.54) is 60.8 Å². The van der Waals surface area contributed by atoms with Gasteiger partial charge in [-0.15, -0.1) is 24.8 Å². The van der Waals surface area contributed by atoms with Crippen molar-refractivity contribution in [2.24, 2.45) is 0 Å². The molecule has 0 atom stereocenters. The van der Waals surface area contributed by atoms with Crippen molar-refractivity contribution in [3.05, 3.63) is 71.4 Å². The van der Waals surface area contributed by atoms with Crippen LogP contribution in [0.3, 0.4) is 0 Å². The van der Waals surface area contributed by atoms with Crippen LogP contribution in [0, 0.1) is 0 Å². The molecule has 1 aliphatic carbocycles. The second-order valence-corrected chi connectivity index (χ2v) is 8.87. The molecule has 1 saturated carbocycles. The summed E-state index contributed by atoms with van der Waals surface area (Å²) in [6, 6.07) is 20.6. The quantitative estimate of drug-likeness (QED) is 0.552. The second kappa shape index (κ2) is 9.32. The molecule has 30 heavy (non-hydrogen) atoms. The molecule has 2 heterocycles. The number of halogens is 2. The van der Waals surface area contributed by atoms with E-state index < -0.39 is 0 Å². The average Bonchev–Trinajstić information content (AvgIpc) is 3.12. The van der Waals surface area contributed by atoms with Crippen LogP contribution in [0.2, 0.25) is 0 Å². The molecular formula is C25H33Cl2N3. The molecule has 0 radical (unpaired) electrons. The molecule has 0 amide bonds. The number of hydrogen-bond acceptors (Lipinski definition) is 2. The van der Waals surface area contributed by atoms with Crippen molar-refractivity contribution in [1.82, 2.24) is 14.8 Å². The topological polar surface area (TPSA) is 22.3 Å². The lowest BCUT2D eigenvalue weighted by molar-refractivity contribution is 0.0438. The smallest absolute Gasteiger partial charge is 0.0459 e. The summed E-state index contributed by atoms with van der Waals surface area (Å²) in [7, 11) is 4.51. The highest BCUT2D eigenvalue weighted by molar-refractivity contribution is 5.86. The standard InChI is InChI=1S/C25H31N3.2ClH/c1-27(2)25(19-8-4-3-5-9-19)15-12-20(13-16-25)28-17-14-22-21-10-6-7-11-23(21)26-24(22)18-28;;/h3-11,20,26H,12-18H2,1-2H3;2*1H. The van der Waals surface area contributed by atoms with Gasteiger partial charge in [0.1, 0.15) is 0 Å². The van der Waals surface area contributed by atoms with E-state index in [4.69, 9.17) is 0 Å². The normalized spacial score (nSPS) is 24.2. The van der Waals surface area contributed by atoms with E-state index in [1.54, 1.807) is 5.56 Å². The molecule has 1 aromatic heterocycles. The number of rotatable bonds is 3. The van der Waals surface area contributed by atoms with Gasteiger partial charge in [-0.3, -0.25) is 9.80 Å². The zero-order valence-corrected chi connectivity index (χ0v) is 19.6. The maximum Gasteiger partial charge on any atom is 0.0459 e. The van der Waals surface area contributed by atoms with Crippen molar-refractivity contribution >= 4 is 35.7 Å². The minimum absolute atomic E-state index is 0. The van der Waals surface area contributed by atoms with Crippen LogP contribution in [0.25, 0.3) is 10.9 Å². The van der Waals surface area contributed by atoms with Crippen LogP contribution in [0.15, 0.2) is 54.6 Å². The minimum atomic E-state index is 0. The van der Waals surface area contributed by atoms with E-state index >= 15 is 0 Å². The third kappa shape index (κ3) is 3.89. The first-order valence-corrected chi connectivity index (χ1v) is 10.7. The maximum absolute atomic E-state index is 3.70. The Balaban J connectivity index is 0.00000128. The van der Waals surface area contributed by atoms with Crippen LogP contribution in [0.5, 0.6) is 0 Å². The molecule has 2 aliphatic rings. The van der Waals surface area contributed by atoms with Gasteiger partial charge in [-0.25, -0.2) is 0 Å². The predicted molar refractivity (Wildman–Crippen MR) is 131 cm³/mol. The number of H-pyrrole nitrogens is 1. The van der Waals surface area contributed by atoms with Gasteiger partial charge in [0.15, 0.2) is 0 Å². The number of benzene rings is 2. The SMILES string of the molecule is CN(C)C1(c2ccccc2)CCC(N2CCc3c([nH]c4ccccc34)C2)CC1.Cl.Cl. The van der Waals surface area contributed by atoms with Crippen LogP contribution in [-0.2, 0) is 18.5 Å². The first-order valence-electron chi connectivity index (χ1n) is 10.7. The lowest BCUT2D eigenvalue weighted by Crippen LogP contribution is -2.49. The van der Waals surface area contributed by atoms with Gasteiger partial charge >= 0.3 is 0 Å². The summed E-state index contributed by atoms with van der Waals surface area (Å²) in [4.78, 5) is 8.90.